The Morgan fingerprint density at radius 3 is 2.62 bits per heavy atom. The molecule has 3 rings (SSSR count). The van der Waals surface area contributed by atoms with E-state index in [0.29, 0.717) is 32.5 Å². The SMILES string of the molecule is Cc1ccc(S(=O)(=O)NCCCC(=O)N2CCOC(c3ccccc3)C2)cc1C. The summed E-state index contributed by atoms with van der Waals surface area (Å²) in [6.07, 6.45) is 0.643. The maximum atomic E-state index is 12.5. The highest BCUT2D eigenvalue weighted by Gasteiger charge is 2.25. The number of benzene rings is 2. The number of ether oxygens (including phenoxy) is 1. The first kappa shape index (κ1) is 21.5. The number of aryl methyl sites for hydroxylation is 2. The van der Waals surface area contributed by atoms with Gasteiger partial charge in [0, 0.05) is 19.5 Å². The maximum absolute atomic E-state index is 12.5. The van der Waals surface area contributed by atoms with E-state index < -0.39 is 10.0 Å². The molecule has 1 aliphatic rings. The highest BCUT2D eigenvalue weighted by atomic mass is 32.2. The zero-order valence-electron chi connectivity index (χ0n) is 16.9. The van der Waals surface area contributed by atoms with Crippen molar-refractivity contribution in [2.45, 2.75) is 37.7 Å². The number of nitrogens with zero attached hydrogens (tertiary/aromatic N) is 1. The van der Waals surface area contributed by atoms with Crippen LogP contribution in [0.25, 0.3) is 0 Å². The van der Waals surface area contributed by atoms with Gasteiger partial charge in [0.15, 0.2) is 0 Å². The number of rotatable bonds is 7. The van der Waals surface area contributed by atoms with Crippen molar-refractivity contribution in [1.82, 2.24) is 9.62 Å². The summed E-state index contributed by atoms with van der Waals surface area (Å²) < 4.78 is 33.2. The Morgan fingerprint density at radius 1 is 1.14 bits per heavy atom. The van der Waals surface area contributed by atoms with Crippen molar-refractivity contribution in [3.05, 3.63) is 65.2 Å². The van der Waals surface area contributed by atoms with Crippen molar-refractivity contribution in [3.63, 3.8) is 0 Å². The zero-order valence-corrected chi connectivity index (χ0v) is 17.7. The molecule has 1 atom stereocenters. The van der Waals surface area contributed by atoms with Gasteiger partial charge in [0.25, 0.3) is 0 Å². The number of hydrogen-bond acceptors (Lipinski definition) is 4. The first-order valence-corrected chi connectivity index (χ1v) is 11.4. The number of morpholine rings is 1. The van der Waals surface area contributed by atoms with Gasteiger partial charge < -0.3 is 9.64 Å². The van der Waals surface area contributed by atoms with Crippen LogP contribution >= 0.6 is 0 Å². The Bertz CT molecular complexity index is 945. The number of nitrogens with one attached hydrogen (secondary N) is 1. The van der Waals surface area contributed by atoms with E-state index in [-0.39, 0.29) is 23.5 Å². The van der Waals surface area contributed by atoms with Crippen LogP contribution in [0.3, 0.4) is 0 Å². The van der Waals surface area contributed by atoms with Gasteiger partial charge in [-0.15, -0.1) is 0 Å². The van der Waals surface area contributed by atoms with Gasteiger partial charge in [-0.05, 0) is 49.1 Å². The molecule has 0 saturated carbocycles. The fourth-order valence-electron chi connectivity index (χ4n) is 3.31. The molecule has 1 saturated heterocycles. The number of carbonyl (C=O) groups is 1. The van der Waals surface area contributed by atoms with Crippen molar-refractivity contribution in [2.24, 2.45) is 0 Å². The molecule has 0 radical (unpaired) electrons. The summed E-state index contributed by atoms with van der Waals surface area (Å²) in [5.41, 5.74) is 3.04. The summed E-state index contributed by atoms with van der Waals surface area (Å²) in [6, 6.07) is 14.9. The van der Waals surface area contributed by atoms with Gasteiger partial charge in [0.2, 0.25) is 15.9 Å². The first-order chi connectivity index (χ1) is 13.9. The second-order valence-corrected chi connectivity index (χ2v) is 9.12. The molecule has 1 N–H and O–H groups in total. The van der Waals surface area contributed by atoms with Crippen LogP contribution in [0.1, 0.15) is 35.6 Å². The molecule has 0 aromatic heterocycles. The summed E-state index contributed by atoms with van der Waals surface area (Å²) in [5.74, 6) is 0.0274. The highest BCUT2D eigenvalue weighted by molar-refractivity contribution is 7.89. The van der Waals surface area contributed by atoms with Crippen LogP contribution in [0.15, 0.2) is 53.4 Å². The van der Waals surface area contributed by atoms with E-state index in [2.05, 4.69) is 4.72 Å². The Kier molecular flexibility index (Phi) is 7.05. The molecule has 6 nitrogen and oxygen atoms in total. The predicted molar refractivity (Wildman–Crippen MR) is 112 cm³/mol. The molecule has 2 aromatic rings. The van der Waals surface area contributed by atoms with Crippen LogP contribution < -0.4 is 4.72 Å². The van der Waals surface area contributed by atoms with Gasteiger partial charge in [-0.2, -0.15) is 0 Å². The van der Waals surface area contributed by atoms with Gasteiger partial charge in [-0.3, -0.25) is 4.79 Å². The van der Waals surface area contributed by atoms with Crippen LogP contribution in [-0.2, 0) is 19.6 Å². The monoisotopic (exact) mass is 416 g/mol. The molecule has 0 aliphatic carbocycles. The molecule has 2 aromatic carbocycles. The third-order valence-corrected chi connectivity index (χ3v) is 6.70. The fraction of sp³-hybridized carbons (Fsp3) is 0.409. The Balaban J connectivity index is 1.47. The first-order valence-electron chi connectivity index (χ1n) is 9.88. The minimum Gasteiger partial charge on any atom is -0.370 e. The van der Waals surface area contributed by atoms with Crippen molar-refractivity contribution < 1.29 is 17.9 Å². The molecular weight excluding hydrogens is 388 g/mol. The normalized spacial score (nSPS) is 17.3. The molecule has 1 aliphatic heterocycles. The number of sulfonamides is 1. The molecule has 1 unspecified atom stereocenters. The van der Waals surface area contributed by atoms with Crippen LogP contribution in [0, 0.1) is 13.8 Å². The van der Waals surface area contributed by atoms with Crippen LogP contribution in [0.2, 0.25) is 0 Å². The van der Waals surface area contributed by atoms with Gasteiger partial charge >= 0.3 is 0 Å². The molecular formula is C22H28N2O4S. The minimum atomic E-state index is -3.56. The average Bonchev–Trinajstić information content (AvgIpc) is 2.73. The molecule has 1 heterocycles. The predicted octanol–water partition coefficient (Wildman–Crippen LogP) is 2.96. The largest absolute Gasteiger partial charge is 0.370 e. The highest BCUT2D eigenvalue weighted by Crippen LogP contribution is 2.22. The molecule has 0 bridgehead atoms. The van der Waals surface area contributed by atoms with Crippen LogP contribution in [-0.4, -0.2) is 45.5 Å². The summed E-state index contributed by atoms with van der Waals surface area (Å²) in [4.78, 5) is 14.6. The fourth-order valence-corrected chi connectivity index (χ4v) is 4.47. The number of hydrogen-bond donors (Lipinski definition) is 1. The maximum Gasteiger partial charge on any atom is 0.240 e. The zero-order chi connectivity index (χ0) is 20.9. The van der Waals surface area contributed by atoms with Gasteiger partial charge in [-0.1, -0.05) is 36.4 Å². The average molecular weight is 417 g/mol. The molecule has 7 heteroatoms. The molecule has 1 amide bonds. The lowest BCUT2D eigenvalue weighted by Crippen LogP contribution is -2.42. The Hall–Kier alpha value is -2.22. The van der Waals surface area contributed by atoms with E-state index >= 15 is 0 Å². The lowest BCUT2D eigenvalue weighted by molar-refractivity contribution is -0.139. The lowest BCUT2D eigenvalue weighted by Gasteiger charge is -2.33. The van der Waals surface area contributed by atoms with E-state index in [9.17, 15) is 13.2 Å². The second kappa shape index (κ2) is 9.52. The standard InChI is InChI=1S/C22H28N2O4S/c1-17-10-11-20(15-18(17)2)29(26,27)23-12-6-9-22(25)24-13-14-28-21(16-24)19-7-4-3-5-8-19/h3-5,7-8,10-11,15,21,23H,6,9,12-14,16H2,1-2H3. The topological polar surface area (TPSA) is 75.7 Å². The van der Waals surface area contributed by atoms with E-state index in [1.807, 2.05) is 44.2 Å². The third-order valence-electron chi connectivity index (χ3n) is 5.24. The van der Waals surface area contributed by atoms with Crippen molar-refractivity contribution >= 4 is 15.9 Å². The smallest absolute Gasteiger partial charge is 0.240 e. The molecule has 29 heavy (non-hydrogen) atoms. The lowest BCUT2D eigenvalue weighted by atomic mass is 10.1. The van der Waals surface area contributed by atoms with Crippen molar-refractivity contribution in [2.75, 3.05) is 26.2 Å². The summed E-state index contributed by atoms with van der Waals surface area (Å²) in [5, 5.41) is 0. The summed E-state index contributed by atoms with van der Waals surface area (Å²) in [6.45, 7) is 5.66. The van der Waals surface area contributed by atoms with E-state index in [1.54, 1.807) is 23.1 Å². The number of carbonyl (C=O) groups excluding carboxylic acids is 1. The quantitative estimate of drug-likeness (QED) is 0.704. The molecule has 156 valence electrons. The van der Waals surface area contributed by atoms with Gasteiger partial charge in [-0.25, -0.2) is 13.1 Å². The third kappa shape index (κ3) is 5.65. The van der Waals surface area contributed by atoms with Crippen molar-refractivity contribution in [1.29, 1.82) is 0 Å². The number of amides is 1. The Labute approximate surface area is 172 Å². The summed E-state index contributed by atoms with van der Waals surface area (Å²) in [7, 11) is -3.56. The minimum absolute atomic E-state index is 0.0274. The summed E-state index contributed by atoms with van der Waals surface area (Å²) >= 11 is 0. The van der Waals surface area contributed by atoms with Crippen molar-refractivity contribution in [3.8, 4) is 0 Å². The van der Waals surface area contributed by atoms with Crippen LogP contribution in [0.5, 0.6) is 0 Å². The molecule has 0 spiro atoms. The molecule has 1 fully saturated rings. The van der Waals surface area contributed by atoms with Gasteiger partial charge in [0.1, 0.15) is 6.10 Å². The van der Waals surface area contributed by atoms with E-state index in [1.165, 1.54) is 0 Å². The Morgan fingerprint density at radius 2 is 1.90 bits per heavy atom. The van der Waals surface area contributed by atoms with E-state index in [4.69, 9.17) is 4.74 Å². The van der Waals surface area contributed by atoms with Gasteiger partial charge in [0.05, 0.1) is 18.0 Å². The van der Waals surface area contributed by atoms with Crippen LogP contribution in [0.4, 0.5) is 0 Å². The van der Waals surface area contributed by atoms with E-state index in [0.717, 1.165) is 16.7 Å². The second-order valence-electron chi connectivity index (χ2n) is 7.36.